The first kappa shape index (κ1) is 16.7. The van der Waals surface area contributed by atoms with Crippen molar-refractivity contribution in [2.24, 2.45) is 5.41 Å². The fourth-order valence-corrected chi connectivity index (χ4v) is 5.59. The van der Waals surface area contributed by atoms with Crippen LogP contribution in [0.5, 0.6) is 0 Å². The minimum Gasteiger partial charge on any atom is -0.352 e. The Morgan fingerprint density at radius 1 is 1.09 bits per heavy atom. The van der Waals surface area contributed by atoms with E-state index < -0.39 is 15.3 Å². The third-order valence-electron chi connectivity index (χ3n) is 5.61. The van der Waals surface area contributed by atoms with Crippen LogP contribution in [0.1, 0.15) is 51.4 Å². The predicted octanol–water partition coefficient (Wildman–Crippen LogP) is 0.861. The van der Waals surface area contributed by atoms with Crippen molar-refractivity contribution < 1.29 is 18.0 Å². The zero-order valence-electron chi connectivity index (χ0n) is 13.7. The Labute approximate surface area is 137 Å². The van der Waals surface area contributed by atoms with E-state index in [9.17, 15) is 18.0 Å². The first-order valence-corrected chi connectivity index (χ1v) is 10.4. The second-order valence-electron chi connectivity index (χ2n) is 7.36. The summed E-state index contributed by atoms with van der Waals surface area (Å²) in [6, 6.07) is -0.0915. The topological polar surface area (TPSA) is 83.6 Å². The number of hydrogen-bond acceptors (Lipinski definition) is 4. The highest BCUT2D eigenvalue weighted by Gasteiger charge is 2.58. The first-order valence-electron chi connectivity index (χ1n) is 8.63. The highest BCUT2D eigenvalue weighted by Crippen LogP contribution is 2.48. The van der Waals surface area contributed by atoms with E-state index in [0.717, 1.165) is 25.7 Å². The van der Waals surface area contributed by atoms with Crippen LogP contribution in [-0.2, 0) is 19.4 Å². The summed E-state index contributed by atoms with van der Waals surface area (Å²) in [5.41, 5.74) is -0.932. The molecule has 7 heteroatoms. The van der Waals surface area contributed by atoms with Gasteiger partial charge in [-0.1, -0.05) is 19.3 Å². The Morgan fingerprint density at radius 3 is 2.26 bits per heavy atom. The molecule has 0 aromatic heterocycles. The predicted molar refractivity (Wildman–Crippen MR) is 86.5 cm³/mol. The van der Waals surface area contributed by atoms with Crippen LogP contribution in [0.3, 0.4) is 0 Å². The van der Waals surface area contributed by atoms with Gasteiger partial charge in [0.1, 0.15) is 5.41 Å². The summed E-state index contributed by atoms with van der Waals surface area (Å²) < 4.78 is 23.2. The number of nitrogens with one attached hydrogen (secondary N) is 1. The normalized spacial score (nSPS) is 29.0. The second-order valence-corrected chi connectivity index (χ2v) is 9.59. The maximum absolute atomic E-state index is 12.8. The molecule has 1 heterocycles. The number of sulfone groups is 1. The fraction of sp³-hybridized carbons (Fsp3) is 0.875. The van der Waals surface area contributed by atoms with Crippen molar-refractivity contribution in [1.82, 2.24) is 10.2 Å². The minimum absolute atomic E-state index is 0.0234. The molecule has 1 aliphatic heterocycles. The number of carbonyl (C=O) groups excluding carboxylic acids is 2. The quantitative estimate of drug-likeness (QED) is 0.768. The van der Waals surface area contributed by atoms with Crippen molar-refractivity contribution in [1.29, 1.82) is 0 Å². The monoisotopic (exact) mass is 342 g/mol. The van der Waals surface area contributed by atoms with Crippen molar-refractivity contribution >= 4 is 21.7 Å². The molecule has 23 heavy (non-hydrogen) atoms. The van der Waals surface area contributed by atoms with E-state index in [2.05, 4.69) is 5.32 Å². The van der Waals surface area contributed by atoms with Crippen LogP contribution < -0.4 is 5.32 Å². The third kappa shape index (κ3) is 3.39. The van der Waals surface area contributed by atoms with E-state index >= 15 is 0 Å². The lowest BCUT2D eigenvalue weighted by Crippen LogP contribution is -2.50. The van der Waals surface area contributed by atoms with Gasteiger partial charge in [-0.3, -0.25) is 9.59 Å². The zero-order chi connectivity index (χ0) is 16.7. The van der Waals surface area contributed by atoms with Gasteiger partial charge in [0, 0.05) is 19.1 Å². The number of rotatable bonds is 4. The summed E-state index contributed by atoms with van der Waals surface area (Å²) in [7, 11) is -1.40. The molecule has 0 spiro atoms. The summed E-state index contributed by atoms with van der Waals surface area (Å²) in [6.07, 6.45) is 7.10. The van der Waals surface area contributed by atoms with Gasteiger partial charge in [0.05, 0.1) is 11.5 Å². The van der Waals surface area contributed by atoms with Gasteiger partial charge in [-0.2, -0.15) is 0 Å². The van der Waals surface area contributed by atoms with Gasteiger partial charge in [0.25, 0.3) is 0 Å². The maximum Gasteiger partial charge on any atom is 0.238 e. The molecule has 130 valence electrons. The number of nitrogens with zero attached hydrogens (tertiary/aromatic N) is 1. The van der Waals surface area contributed by atoms with Gasteiger partial charge in [0.15, 0.2) is 9.84 Å². The van der Waals surface area contributed by atoms with E-state index in [0.29, 0.717) is 19.3 Å². The second kappa shape index (κ2) is 6.07. The summed E-state index contributed by atoms with van der Waals surface area (Å²) >= 11 is 0. The summed E-state index contributed by atoms with van der Waals surface area (Å²) in [5.74, 6) is -0.193. The van der Waals surface area contributed by atoms with Crippen LogP contribution in [0.4, 0.5) is 0 Å². The van der Waals surface area contributed by atoms with Crippen LogP contribution in [0.15, 0.2) is 0 Å². The molecule has 3 aliphatic rings. The van der Waals surface area contributed by atoms with Crippen molar-refractivity contribution in [3.05, 3.63) is 0 Å². The molecule has 1 unspecified atom stereocenters. The van der Waals surface area contributed by atoms with E-state index in [-0.39, 0.29) is 35.4 Å². The molecule has 0 bridgehead atoms. The molecule has 3 rings (SSSR count). The molecule has 0 aromatic rings. The van der Waals surface area contributed by atoms with Gasteiger partial charge in [0.2, 0.25) is 11.8 Å². The molecule has 6 nitrogen and oxygen atoms in total. The number of carbonyl (C=O) groups is 2. The Bertz CT molecular complexity index is 591. The van der Waals surface area contributed by atoms with Crippen LogP contribution in [0, 0.1) is 5.41 Å². The Hall–Kier alpha value is -1.11. The minimum atomic E-state index is -3.04. The van der Waals surface area contributed by atoms with Gasteiger partial charge in [-0.25, -0.2) is 8.42 Å². The van der Waals surface area contributed by atoms with Crippen LogP contribution in [0.25, 0.3) is 0 Å². The average Bonchev–Trinajstić information content (AvgIpc) is 3.26. The van der Waals surface area contributed by atoms with Crippen molar-refractivity contribution in [2.45, 2.75) is 63.5 Å². The third-order valence-corrected chi connectivity index (χ3v) is 7.36. The van der Waals surface area contributed by atoms with E-state index in [1.165, 1.54) is 11.3 Å². The van der Waals surface area contributed by atoms with Crippen molar-refractivity contribution in [3.8, 4) is 0 Å². The lowest BCUT2D eigenvalue weighted by Gasteiger charge is -2.29. The zero-order valence-corrected chi connectivity index (χ0v) is 14.5. The maximum atomic E-state index is 12.8. The largest absolute Gasteiger partial charge is 0.352 e. The molecule has 1 atom stereocenters. The highest BCUT2D eigenvalue weighted by molar-refractivity contribution is 7.91. The Morgan fingerprint density at radius 2 is 1.74 bits per heavy atom. The molecule has 0 radical (unpaired) electrons. The lowest BCUT2D eigenvalue weighted by molar-refractivity contribution is -0.144. The Kier molecular flexibility index (Phi) is 4.42. The Balaban J connectivity index is 1.62. The van der Waals surface area contributed by atoms with Gasteiger partial charge in [-0.15, -0.1) is 0 Å². The molecule has 2 saturated carbocycles. The van der Waals surface area contributed by atoms with E-state index in [1.807, 2.05) is 0 Å². The molecule has 3 fully saturated rings. The van der Waals surface area contributed by atoms with Crippen LogP contribution >= 0.6 is 0 Å². The molecular weight excluding hydrogens is 316 g/mol. The summed E-state index contributed by atoms with van der Waals surface area (Å²) in [4.78, 5) is 26.9. The highest BCUT2D eigenvalue weighted by atomic mass is 32.2. The smallest absolute Gasteiger partial charge is 0.238 e. The molecular formula is C16H26N2O4S. The van der Waals surface area contributed by atoms with Gasteiger partial charge >= 0.3 is 0 Å². The van der Waals surface area contributed by atoms with Gasteiger partial charge < -0.3 is 10.2 Å². The molecule has 0 aromatic carbocycles. The van der Waals surface area contributed by atoms with Crippen molar-refractivity contribution in [2.75, 3.05) is 18.6 Å². The molecule has 2 amide bonds. The molecule has 2 aliphatic carbocycles. The summed E-state index contributed by atoms with van der Waals surface area (Å²) in [5, 5.41) is 3.06. The lowest BCUT2D eigenvalue weighted by atomic mass is 9.94. The average molecular weight is 342 g/mol. The summed E-state index contributed by atoms with van der Waals surface area (Å²) in [6.45, 7) is 0. The van der Waals surface area contributed by atoms with E-state index in [1.54, 1.807) is 7.05 Å². The fourth-order valence-electron chi connectivity index (χ4n) is 3.82. The SMILES string of the molecule is CN(C(=O)C1(C(=O)NC2CCCCC2)CC1)C1CCS(=O)(=O)C1. The number of hydrogen-bond donors (Lipinski definition) is 1. The van der Waals surface area contributed by atoms with E-state index in [4.69, 9.17) is 0 Å². The van der Waals surface area contributed by atoms with Gasteiger partial charge in [-0.05, 0) is 32.1 Å². The first-order chi connectivity index (χ1) is 10.8. The van der Waals surface area contributed by atoms with Crippen molar-refractivity contribution in [3.63, 3.8) is 0 Å². The molecule has 1 N–H and O–H groups in total. The van der Waals surface area contributed by atoms with Crippen LogP contribution in [-0.4, -0.2) is 55.8 Å². The standard InChI is InChI=1S/C16H26N2O4S/c1-18(13-7-10-23(21,22)11-13)15(20)16(8-9-16)14(19)17-12-5-3-2-4-6-12/h12-13H,2-11H2,1H3,(H,17,19). The molecule has 1 saturated heterocycles. The van der Waals surface area contributed by atoms with Crippen LogP contribution in [0.2, 0.25) is 0 Å². The number of amides is 2.